The molecule has 0 aliphatic heterocycles. The molecule has 0 atom stereocenters. The SMILES string of the molecule is NCC(=O)c1cc(Br)cc(Br)c1O. The Kier molecular flexibility index (Phi) is 3.47. The van der Waals surface area contributed by atoms with Gasteiger partial charge in [0, 0.05) is 4.47 Å². The van der Waals surface area contributed by atoms with Crippen LogP contribution in [0, 0.1) is 0 Å². The number of ketones is 1. The van der Waals surface area contributed by atoms with Crippen molar-refractivity contribution in [3.8, 4) is 5.75 Å². The van der Waals surface area contributed by atoms with Crippen LogP contribution in [0.15, 0.2) is 21.1 Å². The molecule has 0 saturated heterocycles. The van der Waals surface area contributed by atoms with Crippen LogP contribution < -0.4 is 5.73 Å². The molecule has 1 aromatic carbocycles. The Balaban J connectivity index is 3.28. The molecule has 5 heteroatoms. The maximum atomic E-state index is 11.2. The van der Waals surface area contributed by atoms with Crippen LogP contribution in [0.2, 0.25) is 0 Å². The molecule has 0 bridgehead atoms. The lowest BCUT2D eigenvalue weighted by Gasteiger charge is -2.04. The Morgan fingerprint density at radius 3 is 2.62 bits per heavy atom. The van der Waals surface area contributed by atoms with E-state index in [-0.39, 0.29) is 23.6 Å². The average Bonchev–Trinajstić information content (AvgIpc) is 2.10. The summed E-state index contributed by atoms with van der Waals surface area (Å²) in [6.07, 6.45) is 0. The molecule has 1 aromatic rings. The highest BCUT2D eigenvalue weighted by Crippen LogP contribution is 2.31. The number of benzene rings is 1. The monoisotopic (exact) mass is 307 g/mol. The van der Waals surface area contributed by atoms with Crippen molar-refractivity contribution in [2.75, 3.05) is 6.54 Å². The summed E-state index contributed by atoms with van der Waals surface area (Å²) in [6, 6.07) is 3.19. The first kappa shape index (κ1) is 10.7. The highest BCUT2D eigenvalue weighted by molar-refractivity contribution is 9.11. The first-order valence-corrected chi connectivity index (χ1v) is 5.06. The van der Waals surface area contributed by atoms with Crippen molar-refractivity contribution in [3.05, 3.63) is 26.6 Å². The molecule has 0 aliphatic rings. The van der Waals surface area contributed by atoms with E-state index in [2.05, 4.69) is 31.9 Å². The molecule has 0 heterocycles. The van der Waals surface area contributed by atoms with Gasteiger partial charge in [0.1, 0.15) is 5.75 Å². The maximum absolute atomic E-state index is 11.2. The molecule has 0 saturated carbocycles. The van der Waals surface area contributed by atoms with Crippen molar-refractivity contribution < 1.29 is 9.90 Å². The van der Waals surface area contributed by atoms with E-state index in [0.717, 1.165) is 0 Å². The third kappa shape index (κ3) is 2.30. The minimum absolute atomic E-state index is 0.0707. The standard InChI is InChI=1S/C8H7Br2NO2/c9-4-1-5(7(12)3-11)8(13)6(10)2-4/h1-2,13H,3,11H2. The van der Waals surface area contributed by atoms with Gasteiger partial charge in [0.05, 0.1) is 16.6 Å². The van der Waals surface area contributed by atoms with E-state index in [4.69, 9.17) is 5.73 Å². The molecule has 3 N–H and O–H groups in total. The molecular weight excluding hydrogens is 302 g/mol. The van der Waals surface area contributed by atoms with Crippen molar-refractivity contribution in [3.63, 3.8) is 0 Å². The molecule has 1 rings (SSSR count). The zero-order valence-electron chi connectivity index (χ0n) is 6.55. The number of rotatable bonds is 2. The van der Waals surface area contributed by atoms with E-state index < -0.39 is 0 Å². The minimum Gasteiger partial charge on any atom is -0.506 e. The molecule has 0 aliphatic carbocycles. The predicted molar refractivity (Wildman–Crippen MR) is 56.9 cm³/mol. The molecule has 0 fully saturated rings. The molecular formula is C8H7Br2NO2. The number of carbonyl (C=O) groups excluding carboxylic acids is 1. The fourth-order valence-corrected chi connectivity index (χ4v) is 2.11. The number of hydrogen-bond donors (Lipinski definition) is 2. The molecule has 0 radical (unpaired) electrons. The zero-order valence-corrected chi connectivity index (χ0v) is 9.72. The van der Waals surface area contributed by atoms with Gasteiger partial charge >= 0.3 is 0 Å². The second-order valence-electron chi connectivity index (χ2n) is 2.41. The smallest absolute Gasteiger partial charge is 0.180 e. The van der Waals surface area contributed by atoms with Gasteiger partial charge in [-0.2, -0.15) is 0 Å². The lowest BCUT2D eigenvalue weighted by Crippen LogP contribution is -2.13. The largest absolute Gasteiger partial charge is 0.506 e. The van der Waals surface area contributed by atoms with Crippen LogP contribution in [0.4, 0.5) is 0 Å². The Morgan fingerprint density at radius 2 is 2.08 bits per heavy atom. The van der Waals surface area contributed by atoms with Gasteiger partial charge in [0.25, 0.3) is 0 Å². The third-order valence-corrected chi connectivity index (χ3v) is 2.58. The fraction of sp³-hybridized carbons (Fsp3) is 0.125. The van der Waals surface area contributed by atoms with Gasteiger partial charge in [0.2, 0.25) is 0 Å². The minimum atomic E-state index is -0.292. The van der Waals surface area contributed by atoms with Crippen LogP contribution >= 0.6 is 31.9 Å². The van der Waals surface area contributed by atoms with Crippen LogP contribution in [0.1, 0.15) is 10.4 Å². The highest BCUT2D eigenvalue weighted by Gasteiger charge is 2.12. The Hall–Kier alpha value is -0.390. The molecule has 70 valence electrons. The van der Waals surface area contributed by atoms with E-state index >= 15 is 0 Å². The summed E-state index contributed by atoms with van der Waals surface area (Å²) < 4.78 is 1.19. The maximum Gasteiger partial charge on any atom is 0.180 e. The van der Waals surface area contributed by atoms with Crippen molar-refractivity contribution in [2.45, 2.75) is 0 Å². The van der Waals surface area contributed by atoms with Crippen LogP contribution in [-0.2, 0) is 0 Å². The molecule has 3 nitrogen and oxygen atoms in total. The van der Waals surface area contributed by atoms with E-state index in [1.165, 1.54) is 6.07 Å². The summed E-state index contributed by atoms with van der Waals surface area (Å²) in [4.78, 5) is 11.2. The number of aromatic hydroxyl groups is 1. The van der Waals surface area contributed by atoms with Crippen molar-refractivity contribution >= 4 is 37.6 Å². The number of nitrogens with two attached hydrogens (primary N) is 1. The Bertz CT molecular complexity index is 352. The normalized spacial score (nSPS) is 10.1. The lowest BCUT2D eigenvalue weighted by molar-refractivity contribution is 0.0998. The van der Waals surface area contributed by atoms with E-state index in [1.807, 2.05) is 0 Å². The Morgan fingerprint density at radius 1 is 1.46 bits per heavy atom. The number of hydrogen-bond acceptors (Lipinski definition) is 3. The van der Waals surface area contributed by atoms with E-state index in [0.29, 0.717) is 8.95 Å². The summed E-state index contributed by atoms with van der Waals surface area (Å²) in [5.74, 6) is -0.363. The van der Waals surface area contributed by atoms with Gasteiger partial charge in [-0.3, -0.25) is 4.79 Å². The number of phenols is 1. The number of carbonyl (C=O) groups is 1. The van der Waals surface area contributed by atoms with Gasteiger partial charge in [-0.25, -0.2) is 0 Å². The quantitative estimate of drug-likeness (QED) is 0.822. The van der Waals surface area contributed by atoms with Gasteiger partial charge in [0.15, 0.2) is 5.78 Å². The van der Waals surface area contributed by atoms with Gasteiger partial charge < -0.3 is 10.8 Å². The van der Waals surface area contributed by atoms with E-state index in [1.54, 1.807) is 6.07 Å². The number of Topliss-reactive ketones (excluding diaryl/α,β-unsaturated/α-hetero) is 1. The highest BCUT2D eigenvalue weighted by atomic mass is 79.9. The van der Waals surface area contributed by atoms with Crippen molar-refractivity contribution in [2.24, 2.45) is 5.73 Å². The fourth-order valence-electron chi connectivity index (χ4n) is 0.888. The lowest BCUT2D eigenvalue weighted by atomic mass is 10.1. The average molecular weight is 309 g/mol. The second-order valence-corrected chi connectivity index (χ2v) is 4.18. The van der Waals surface area contributed by atoms with Crippen LogP contribution in [-0.4, -0.2) is 17.4 Å². The molecule has 13 heavy (non-hydrogen) atoms. The van der Waals surface area contributed by atoms with Crippen molar-refractivity contribution in [1.29, 1.82) is 0 Å². The third-order valence-electron chi connectivity index (χ3n) is 1.51. The first-order valence-electron chi connectivity index (χ1n) is 3.47. The Labute approximate surface area is 92.2 Å². The molecule has 0 spiro atoms. The van der Waals surface area contributed by atoms with Crippen LogP contribution in [0.3, 0.4) is 0 Å². The summed E-state index contributed by atoms with van der Waals surface area (Å²) in [6.45, 7) is -0.115. The van der Waals surface area contributed by atoms with Crippen molar-refractivity contribution in [1.82, 2.24) is 0 Å². The number of phenolic OH excluding ortho intramolecular Hbond substituents is 1. The molecule has 0 amide bonds. The molecule has 0 unspecified atom stereocenters. The van der Waals surface area contributed by atoms with Gasteiger partial charge in [-0.1, -0.05) is 15.9 Å². The van der Waals surface area contributed by atoms with Crippen LogP contribution in [0.5, 0.6) is 5.75 Å². The molecule has 0 aromatic heterocycles. The first-order chi connectivity index (χ1) is 6.06. The zero-order chi connectivity index (χ0) is 10.0. The second kappa shape index (κ2) is 4.21. The summed E-state index contributed by atoms with van der Waals surface area (Å²) in [5, 5.41) is 9.48. The summed E-state index contributed by atoms with van der Waals surface area (Å²) >= 11 is 6.33. The summed E-state index contributed by atoms with van der Waals surface area (Å²) in [7, 11) is 0. The van der Waals surface area contributed by atoms with E-state index in [9.17, 15) is 9.90 Å². The van der Waals surface area contributed by atoms with Gasteiger partial charge in [-0.05, 0) is 28.1 Å². The topological polar surface area (TPSA) is 63.3 Å². The predicted octanol–water partition coefficient (Wildman–Crippen LogP) is 2.06. The van der Waals surface area contributed by atoms with Crippen LogP contribution in [0.25, 0.3) is 0 Å². The van der Waals surface area contributed by atoms with Gasteiger partial charge in [-0.15, -0.1) is 0 Å². The summed E-state index contributed by atoms with van der Waals surface area (Å²) in [5.41, 5.74) is 5.41. The number of halogens is 2.